The molecule has 0 aliphatic carbocycles. The van der Waals surface area contributed by atoms with Crippen molar-refractivity contribution in [3.8, 4) is 16.9 Å². The lowest BCUT2D eigenvalue weighted by molar-refractivity contribution is -0.137. The predicted octanol–water partition coefficient (Wildman–Crippen LogP) is 5.76. The number of H-pyrrole nitrogens is 1. The highest BCUT2D eigenvalue weighted by molar-refractivity contribution is 6.06. The van der Waals surface area contributed by atoms with E-state index in [0.29, 0.717) is 17.8 Å². The Morgan fingerprint density at radius 1 is 0.975 bits per heavy atom. The number of aromatic carboxylic acids is 1. The van der Waals surface area contributed by atoms with E-state index < -0.39 is 29.7 Å². The molecule has 3 aromatic carbocycles. The number of nitrogens with one attached hydrogen (secondary N) is 2. The van der Waals surface area contributed by atoms with Gasteiger partial charge >= 0.3 is 12.1 Å². The topological polar surface area (TPSA) is 128 Å². The summed E-state index contributed by atoms with van der Waals surface area (Å²) in [4.78, 5) is 37.0. The summed E-state index contributed by atoms with van der Waals surface area (Å²) in [7, 11) is 0. The molecular weight excluding hydrogens is 525 g/mol. The molecule has 0 radical (unpaired) electrons. The molecule has 4 N–H and O–H groups in total. The molecule has 5 aromatic rings. The van der Waals surface area contributed by atoms with Crippen LogP contribution in [0.5, 0.6) is 5.75 Å². The van der Waals surface area contributed by atoms with Crippen LogP contribution in [0, 0.1) is 0 Å². The standard InChI is InChI=1S/C29H21F3N4O4/c30-29(31,32)19-3-1-2-17(13-19)18-6-9-23-21(14-18)22(28(39)40)15-25(35-23)27(38)36-24(26-33-10-11-34-26)12-16-4-7-20(37)8-5-16/h1-11,13-15,24,37H,12H2,(H,33,34)(H,36,38)(H,39,40)/t24-/m0/s1. The number of aromatic hydroxyl groups is 1. The number of carbonyl (C=O) groups excluding carboxylic acids is 1. The molecule has 40 heavy (non-hydrogen) atoms. The van der Waals surface area contributed by atoms with E-state index in [1.165, 1.54) is 48.7 Å². The highest BCUT2D eigenvalue weighted by atomic mass is 19.4. The van der Waals surface area contributed by atoms with Gasteiger partial charge in [-0.3, -0.25) is 4.79 Å². The van der Waals surface area contributed by atoms with Gasteiger partial charge in [0.1, 0.15) is 17.3 Å². The zero-order valence-corrected chi connectivity index (χ0v) is 20.6. The molecule has 2 heterocycles. The molecule has 8 nitrogen and oxygen atoms in total. The van der Waals surface area contributed by atoms with Gasteiger partial charge < -0.3 is 20.5 Å². The zero-order chi connectivity index (χ0) is 28.4. The van der Waals surface area contributed by atoms with E-state index >= 15 is 0 Å². The van der Waals surface area contributed by atoms with Crippen LogP contribution in [0.15, 0.2) is 85.2 Å². The van der Waals surface area contributed by atoms with Crippen molar-refractivity contribution < 1.29 is 33.0 Å². The fraction of sp³-hybridized carbons (Fsp3) is 0.103. The lowest BCUT2D eigenvalue weighted by Gasteiger charge is -2.17. The third kappa shape index (κ3) is 5.63. The summed E-state index contributed by atoms with van der Waals surface area (Å²) in [6.45, 7) is 0. The fourth-order valence-electron chi connectivity index (χ4n) is 4.36. The van der Waals surface area contributed by atoms with Crippen molar-refractivity contribution in [1.29, 1.82) is 0 Å². The molecule has 0 saturated heterocycles. The van der Waals surface area contributed by atoms with Crippen molar-refractivity contribution in [2.45, 2.75) is 18.6 Å². The van der Waals surface area contributed by atoms with Gasteiger partial charge in [0.25, 0.3) is 5.91 Å². The van der Waals surface area contributed by atoms with Crippen LogP contribution in [-0.2, 0) is 12.6 Å². The molecule has 1 amide bonds. The largest absolute Gasteiger partial charge is 0.508 e. The lowest BCUT2D eigenvalue weighted by Crippen LogP contribution is -2.31. The Balaban J connectivity index is 1.48. The molecule has 0 aliphatic rings. The number of aromatic amines is 1. The molecule has 5 rings (SSSR count). The summed E-state index contributed by atoms with van der Waals surface area (Å²) >= 11 is 0. The number of phenols is 1. The third-order valence-corrected chi connectivity index (χ3v) is 6.33. The van der Waals surface area contributed by atoms with Crippen molar-refractivity contribution >= 4 is 22.8 Å². The smallest absolute Gasteiger partial charge is 0.416 e. The number of carbonyl (C=O) groups is 2. The molecule has 0 saturated carbocycles. The molecule has 11 heteroatoms. The zero-order valence-electron chi connectivity index (χ0n) is 20.6. The summed E-state index contributed by atoms with van der Waals surface area (Å²) < 4.78 is 39.6. The normalized spacial score (nSPS) is 12.3. The van der Waals surface area contributed by atoms with Gasteiger partial charge in [-0.05, 0) is 65.6 Å². The quantitative estimate of drug-likeness (QED) is 0.206. The van der Waals surface area contributed by atoms with Gasteiger partial charge in [-0.2, -0.15) is 13.2 Å². The first-order chi connectivity index (χ1) is 19.1. The first-order valence-corrected chi connectivity index (χ1v) is 12.0. The molecule has 0 fully saturated rings. The lowest BCUT2D eigenvalue weighted by atomic mass is 9.98. The number of nitrogens with zero attached hydrogens (tertiary/aromatic N) is 2. The van der Waals surface area contributed by atoms with Crippen molar-refractivity contribution in [1.82, 2.24) is 20.3 Å². The first kappa shape index (κ1) is 26.4. The number of carboxylic acid groups (broad SMARTS) is 1. The molecule has 0 spiro atoms. The Kier molecular flexibility index (Phi) is 6.95. The predicted molar refractivity (Wildman–Crippen MR) is 140 cm³/mol. The third-order valence-electron chi connectivity index (χ3n) is 6.33. The molecule has 0 unspecified atom stereocenters. The Bertz CT molecular complexity index is 1700. The number of carboxylic acids is 1. The van der Waals surface area contributed by atoms with Crippen LogP contribution < -0.4 is 5.32 Å². The average molecular weight is 547 g/mol. The maximum absolute atomic E-state index is 13.3. The Labute approximate surface area is 225 Å². The fourth-order valence-corrected chi connectivity index (χ4v) is 4.36. The van der Waals surface area contributed by atoms with E-state index in [0.717, 1.165) is 23.8 Å². The van der Waals surface area contributed by atoms with Crippen LogP contribution in [0.1, 0.15) is 43.8 Å². The van der Waals surface area contributed by atoms with Crippen molar-refractivity contribution in [3.05, 3.63) is 113 Å². The average Bonchev–Trinajstić information content (AvgIpc) is 3.47. The SMILES string of the molecule is O=C(N[C@@H](Cc1ccc(O)cc1)c1ncc[nH]1)c1cc(C(=O)O)c2cc(-c3cccc(C(F)(F)F)c3)ccc2n1. The van der Waals surface area contributed by atoms with E-state index in [2.05, 4.69) is 20.3 Å². The second kappa shape index (κ2) is 10.5. The van der Waals surface area contributed by atoms with E-state index in [-0.39, 0.29) is 33.5 Å². The number of hydrogen-bond donors (Lipinski definition) is 4. The number of phenolic OH excluding ortho intramolecular Hbond substituents is 1. The minimum absolute atomic E-state index is 0.0973. The Hall–Kier alpha value is -5.19. The summed E-state index contributed by atoms with van der Waals surface area (Å²) in [5, 5.41) is 22.5. The summed E-state index contributed by atoms with van der Waals surface area (Å²) in [5.41, 5.74) is 0.411. The van der Waals surface area contributed by atoms with Gasteiger partial charge in [-0.15, -0.1) is 0 Å². The highest BCUT2D eigenvalue weighted by Gasteiger charge is 2.30. The minimum atomic E-state index is -4.53. The number of imidazole rings is 1. The maximum atomic E-state index is 13.3. The second-order valence-electron chi connectivity index (χ2n) is 9.04. The molecule has 0 bridgehead atoms. The first-order valence-electron chi connectivity index (χ1n) is 12.0. The number of aromatic nitrogens is 3. The molecule has 202 valence electrons. The molecule has 2 aromatic heterocycles. The molecule has 1 atom stereocenters. The van der Waals surface area contributed by atoms with Crippen molar-refractivity contribution in [3.63, 3.8) is 0 Å². The Morgan fingerprint density at radius 2 is 1.73 bits per heavy atom. The Morgan fingerprint density at radius 3 is 2.40 bits per heavy atom. The van der Waals surface area contributed by atoms with E-state index in [4.69, 9.17) is 0 Å². The number of amides is 1. The van der Waals surface area contributed by atoms with Crippen LogP contribution in [0.25, 0.3) is 22.0 Å². The number of fused-ring (bicyclic) bond motifs is 1. The van der Waals surface area contributed by atoms with Gasteiger partial charge in [-0.25, -0.2) is 14.8 Å². The highest BCUT2D eigenvalue weighted by Crippen LogP contribution is 2.33. The second-order valence-corrected chi connectivity index (χ2v) is 9.04. The number of rotatable bonds is 7. The van der Waals surface area contributed by atoms with Crippen LogP contribution >= 0.6 is 0 Å². The summed E-state index contributed by atoms with van der Waals surface area (Å²) in [5.74, 6) is -1.41. The molecule has 0 aliphatic heterocycles. The van der Waals surface area contributed by atoms with Gasteiger partial charge in [0.15, 0.2) is 0 Å². The van der Waals surface area contributed by atoms with Gasteiger partial charge in [0.2, 0.25) is 0 Å². The van der Waals surface area contributed by atoms with Crippen LogP contribution in [0.2, 0.25) is 0 Å². The monoisotopic (exact) mass is 546 g/mol. The summed E-state index contributed by atoms with van der Waals surface area (Å²) in [6.07, 6.45) is -1.08. The van der Waals surface area contributed by atoms with Gasteiger partial charge in [0, 0.05) is 17.8 Å². The van der Waals surface area contributed by atoms with Crippen molar-refractivity contribution in [2.75, 3.05) is 0 Å². The van der Waals surface area contributed by atoms with E-state index in [1.54, 1.807) is 18.3 Å². The number of halogens is 3. The van der Waals surface area contributed by atoms with Crippen molar-refractivity contribution in [2.24, 2.45) is 0 Å². The van der Waals surface area contributed by atoms with Crippen LogP contribution in [0.3, 0.4) is 0 Å². The minimum Gasteiger partial charge on any atom is -0.508 e. The number of pyridine rings is 1. The number of alkyl halides is 3. The number of hydrogen-bond acceptors (Lipinski definition) is 5. The van der Waals surface area contributed by atoms with Gasteiger partial charge in [0.05, 0.1) is 22.7 Å². The van der Waals surface area contributed by atoms with Crippen LogP contribution in [-0.4, -0.2) is 37.0 Å². The number of benzene rings is 3. The molecular formula is C29H21F3N4O4. The van der Waals surface area contributed by atoms with Gasteiger partial charge in [-0.1, -0.05) is 30.3 Å². The van der Waals surface area contributed by atoms with Crippen LogP contribution in [0.4, 0.5) is 13.2 Å². The summed E-state index contributed by atoms with van der Waals surface area (Å²) in [6, 6.07) is 16.1. The van der Waals surface area contributed by atoms with E-state index in [9.17, 15) is 33.0 Å². The van der Waals surface area contributed by atoms with E-state index in [1.807, 2.05) is 0 Å². The maximum Gasteiger partial charge on any atom is 0.416 e.